The Morgan fingerprint density at radius 1 is 1.33 bits per heavy atom. The second kappa shape index (κ2) is 6.43. The van der Waals surface area contributed by atoms with E-state index in [1.165, 1.54) is 34.6 Å². The molecule has 2 aliphatic carbocycles. The van der Waals surface area contributed by atoms with Crippen molar-refractivity contribution in [2.24, 2.45) is 11.3 Å². The Bertz CT molecular complexity index is 894. The average molecular weight is 365 g/mol. The molecule has 0 aliphatic heterocycles. The van der Waals surface area contributed by atoms with E-state index in [2.05, 4.69) is 79.6 Å². The van der Waals surface area contributed by atoms with Crippen molar-refractivity contribution in [3.63, 3.8) is 0 Å². The second-order valence-corrected chi connectivity index (χ2v) is 9.37. The first-order valence-electron chi connectivity index (χ1n) is 10.1. The number of nitrogens with zero attached hydrogens (tertiary/aromatic N) is 2. The number of fused-ring (bicyclic) bond motifs is 2. The van der Waals surface area contributed by atoms with Gasteiger partial charge in [0.25, 0.3) is 0 Å². The smallest absolute Gasteiger partial charge is 0.112 e. The van der Waals surface area contributed by atoms with Gasteiger partial charge in [0.2, 0.25) is 0 Å². The summed E-state index contributed by atoms with van der Waals surface area (Å²) in [7, 11) is 2.15. The summed E-state index contributed by atoms with van der Waals surface area (Å²) in [5, 5.41) is 7.98. The highest BCUT2D eigenvalue weighted by molar-refractivity contribution is 5.68. The Morgan fingerprint density at radius 3 is 2.85 bits per heavy atom. The largest absolute Gasteiger partial charge is 0.371 e. The van der Waals surface area contributed by atoms with E-state index in [0.717, 1.165) is 30.7 Å². The van der Waals surface area contributed by atoms with Gasteiger partial charge >= 0.3 is 0 Å². The molecular weight excluding hydrogens is 332 g/mol. The fourth-order valence-corrected chi connectivity index (χ4v) is 4.41. The molecule has 27 heavy (non-hydrogen) atoms. The van der Waals surface area contributed by atoms with Gasteiger partial charge < -0.3 is 9.88 Å². The molecule has 0 radical (unpaired) electrons. The molecule has 2 aromatic rings. The van der Waals surface area contributed by atoms with Gasteiger partial charge in [0.1, 0.15) is 5.69 Å². The van der Waals surface area contributed by atoms with Crippen LogP contribution in [0.2, 0.25) is 0 Å². The van der Waals surface area contributed by atoms with Gasteiger partial charge in [-0.15, -0.1) is 0 Å². The lowest BCUT2D eigenvalue weighted by Crippen LogP contribution is -2.33. The Hall–Kier alpha value is -2.23. The van der Waals surface area contributed by atoms with Crippen LogP contribution in [0.3, 0.4) is 0 Å². The lowest BCUT2D eigenvalue weighted by Gasteiger charge is -2.32. The van der Waals surface area contributed by atoms with Crippen LogP contribution in [0.25, 0.3) is 17.5 Å². The van der Waals surface area contributed by atoms with E-state index in [9.17, 15) is 0 Å². The topological polar surface area (TPSA) is 47.7 Å². The van der Waals surface area contributed by atoms with Crippen LogP contribution >= 0.6 is 0 Å². The normalized spacial score (nSPS) is 20.4. The summed E-state index contributed by atoms with van der Waals surface area (Å²) in [6.07, 6.45) is 8.93. The molecule has 1 unspecified atom stereocenters. The van der Waals surface area contributed by atoms with Crippen LogP contribution in [-0.2, 0) is 19.3 Å². The SMILES string of the molecule is C=C(C(C)C)N(C)C1C=Cc2cc(-c3n[nH]c4c3CCC(C)(C)C4)[nH]c2C1. The number of aromatic nitrogens is 3. The molecule has 0 amide bonds. The summed E-state index contributed by atoms with van der Waals surface area (Å²) in [5.74, 6) is 0.462. The maximum Gasteiger partial charge on any atom is 0.112 e. The second-order valence-electron chi connectivity index (χ2n) is 9.37. The van der Waals surface area contributed by atoms with Gasteiger partial charge in [0.05, 0.1) is 11.7 Å². The van der Waals surface area contributed by atoms with Crippen molar-refractivity contribution in [3.05, 3.63) is 46.9 Å². The van der Waals surface area contributed by atoms with Crippen LogP contribution < -0.4 is 0 Å². The average Bonchev–Trinajstić information content (AvgIpc) is 3.21. The third kappa shape index (κ3) is 3.26. The highest BCUT2D eigenvalue weighted by Gasteiger charge is 2.30. The number of aromatic amines is 2. The molecule has 0 spiro atoms. The van der Waals surface area contributed by atoms with E-state index in [1.807, 2.05) is 0 Å². The third-order valence-corrected chi connectivity index (χ3v) is 6.38. The maximum absolute atomic E-state index is 4.68. The molecule has 0 fully saturated rings. The number of likely N-dealkylation sites (N-methyl/N-ethyl adjacent to an activating group) is 1. The number of allylic oxidation sites excluding steroid dienone is 1. The Kier molecular flexibility index (Phi) is 4.32. The van der Waals surface area contributed by atoms with E-state index < -0.39 is 0 Å². The molecule has 2 heterocycles. The van der Waals surface area contributed by atoms with Crippen LogP contribution in [-0.4, -0.2) is 33.2 Å². The van der Waals surface area contributed by atoms with Crippen molar-refractivity contribution >= 4 is 6.08 Å². The minimum absolute atomic E-state index is 0.354. The number of H-pyrrole nitrogens is 2. The van der Waals surface area contributed by atoms with E-state index >= 15 is 0 Å². The highest BCUT2D eigenvalue weighted by atomic mass is 15.1. The summed E-state index contributed by atoms with van der Waals surface area (Å²) >= 11 is 0. The van der Waals surface area contributed by atoms with Crippen LogP contribution in [0.15, 0.2) is 24.4 Å². The number of nitrogens with one attached hydrogen (secondary N) is 2. The van der Waals surface area contributed by atoms with E-state index in [4.69, 9.17) is 0 Å². The van der Waals surface area contributed by atoms with Crippen LogP contribution in [0.4, 0.5) is 0 Å². The lowest BCUT2D eigenvalue weighted by molar-refractivity contribution is 0.312. The first kappa shape index (κ1) is 18.1. The van der Waals surface area contributed by atoms with Crippen molar-refractivity contribution in [2.75, 3.05) is 7.05 Å². The van der Waals surface area contributed by atoms with Crippen LogP contribution in [0.1, 0.15) is 56.6 Å². The third-order valence-electron chi connectivity index (χ3n) is 6.38. The van der Waals surface area contributed by atoms with Gasteiger partial charge in [0.15, 0.2) is 0 Å². The summed E-state index contributed by atoms with van der Waals surface area (Å²) in [5.41, 5.74) is 9.11. The number of hydrogen-bond acceptors (Lipinski definition) is 2. The molecule has 2 N–H and O–H groups in total. The Labute approximate surface area is 162 Å². The van der Waals surface area contributed by atoms with E-state index in [1.54, 1.807) is 0 Å². The summed E-state index contributed by atoms with van der Waals surface area (Å²) in [6, 6.07) is 2.61. The van der Waals surface area contributed by atoms with Crippen molar-refractivity contribution in [3.8, 4) is 11.4 Å². The number of hydrogen-bond donors (Lipinski definition) is 2. The van der Waals surface area contributed by atoms with Gasteiger partial charge in [-0.25, -0.2) is 0 Å². The zero-order valence-corrected chi connectivity index (χ0v) is 17.3. The molecule has 4 rings (SSSR count). The fraction of sp³-hybridized carbons (Fsp3) is 0.522. The molecule has 1 atom stereocenters. The predicted molar refractivity (Wildman–Crippen MR) is 112 cm³/mol. The van der Waals surface area contributed by atoms with Crippen molar-refractivity contribution in [2.45, 2.75) is 59.4 Å². The monoisotopic (exact) mass is 364 g/mol. The van der Waals surface area contributed by atoms with Gasteiger partial charge in [-0.1, -0.05) is 46.4 Å². The molecule has 0 aromatic carbocycles. The summed E-state index contributed by atoms with van der Waals surface area (Å²) in [6.45, 7) is 13.3. The van der Waals surface area contributed by atoms with Crippen LogP contribution in [0.5, 0.6) is 0 Å². The summed E-state index contributed by atoms with van der Waals surface area (Å²) in [4.78, 5) is 5.98. The quantitative estimate of drug-likeness (QED) is 0.805. The molecule has 0 bridgehead atoms. The molecule has 0 saturated heterocycles. The summed E-state index contributed by atoms with van der Waals surface area (Å²) < 4.78 is 0. The van der Waals surface area contributed by atoms with E-state index in [0.29, 0.717) is 17.4 Å². The molecule has 144 valence electrons. The van der Waals surface area contributed by atoms with E-state index in [-0.39, 0.29) is 0 Å². The first-order valence-corrected chi connectivity index (χ1v) is 10.1. The van der Waals surface area contributed by atoms with Crippen molar-refractivity contribution in [1.82, 2.24) is 20.1 Å². The standard InChI is InChI=1S/C23H32N4/c1-14(2)15(3)27(6)17-8-7-16-11-20(24-19(16)12-17)22-18-9-10-23(4,5)13-21(18)25-26-22/h7-8,11,14,17,24H,3,9-10,12-13H2,1-2,4-6H3,(H,25,26). The molecule has 2 aromatic heterocycles. The van der Waals surface area contributed by atoms with Crippen molar-refractivity contribution < 1.29 is 0 Å². The van der Waals surface area contributed by atoms with Gasteiger partial charge in [-0.3, -0.25) is 5.10 Å². The maximum atomic E-state index is 4.68. The molecule has 4 heteroatoms. The predicted octanol–water partition coefficient (Wildman–Crippen LogP) is 4.96. The van der Waals surface area contributed by atoms with Gasteiger partial charge in [0, 0.05) is 36.1 Å². The van der Waals surface area contributed by atoms with Gasteiger partial charge in [-0.2, -0.15) is 5.10 Å². The zero-order chi connectivity index (χ0) is 19.3. The minimum Gasteiger partial charge on any atom is -0.371 e. The minimum atomic E-state index is 0.354. The molecule has 2 aliphatic rings. The molecule has 4 nitrogen and oxygen atoms in total. The first-order chi connectivity index (χ1) is 12.7. The fourth-order valence-electron chi connectivity index (χ4n) is 4.41. The Morgan fingerprint density at radius 2 is 2.11 bits per heavy atom. The lowest BCUT2D eigenvalue weighted by atomic mass is 9.76. The van der Waals surface area contributed by atoms with Crippen LogP contribution in [0, 0.1) is 11.3 Å². The molecule has 0 saturated carbocycles. The highest BCUT2D eigenvalue weighted by Crippen LogP contribution is 2.38. The molecular formula is C23H32N4. The van der Waals surface area contributed by atoms with Crippen molar-refractivity contribution in [1.29, 1.82) is 0 Å². The van der Waals surface area contributed by atoms with Gasteiger partial charge in [-0.05, 0) is 42.2 Å². The zero-order valence-electron chi connectivity index (χ0n) is 17.3. The Balaban J connectivity index is 1.58. The number of rotatable bonds is 4.